The number of hydrogen-bond acceptors (Lipinski definition) is 2. The van der Waals surface area contributed by atoms with E-state index in [2.05, 4.69) is 39.9 Å². The van der Waals surface area contributed by atoms with Crippen LogP contribution in [0.25, 0.3) is 0 Å². The summed E-state index contributed by atoms with van der Waals surface area (Å²) in [5.41, 5.74) is 0. The van der Waals surface area contributed by atoms with Crippen LogP contribution in [0.2, 0.25) is 0 Å². The lowest BCUT2D eigenvalue weighted by Gasteiger charge is -2.38. The van der Waals surface area contributed by atoms with Gasteiger partial charge in [0.2, 0.25) is 0 Å². The molecule has 1 aliphatic carbocycles. The fourth-order valence-corrected chi connectivity index (χ4v) is 3.21. The fourth-order valence-electron chi connectivity index (χ4n) is 3.21. The van der Waals surface area contributed by atoms with Gasteiger partial charge in [-0.15, -0.1) is 0 Å². The molecule has 0 heterocycles. The van der Waals surface area contributed by atoms with Crippen molar-refractivity contribution in [3.8, 4) is 0 Å². The maximum atomic E-state index is 5.74. The van der Waals surface area contributed by atoms with Crippen LogP contribution in [0.4, 0.5) is 0 Å². The standard InChI is InChI=1S/C16H33NO/c1-6-17-16-8-7-14(12(2)3)11-15(16)9-10-18-13(4)5/h12-17H,6-11H2,1-5H3. The molecular formula is C16H33NO. The van der Waals surface area contributed by atoms with Crippen LogP contribution in [0.5, 0.6) is 0 Å². The van der Waals surface area contributed by atoms with Gasteiger partial charge in [-0.25, -0.2) is 0 Å². The molecule has 0 bridgehead atoms. The normalized spacial score (nSPS) is 29.2. The number of nitrogens with one attached hydrogen (secondary N) is 1. The van der Waals surface area contributed by atoms with Crippen LogP contribution in [0.3, 0.4) is 0 Å². The van der Waals surface area contributed by atoms with Crippen LogP contribution in [-0.2, 0) is 4.74 Å². The lowest BCUT2D eigenvalue weighted by molar-refractivity contribution is 0.0526. The molecule has 0 aromatic heterocycles. The molecule has 1 N–H and O–H groups in total. The van der Waals surface area contributed by atoms with Gasteiger partial charge < -0.3 is 10.1 Å². The van der Waals surface area contributed by atoms with Gasteiger partial charge in [0.05, 0.1) is 6.10 Å². The quantitative estimate of drug-likeness (QED) is 0.746. The van der Waals surface area contributed by atoms with E-state index in [4.69, 9.17) is 4.74 Å². The third kappa shape index (κ3) is 5.27. The molecule has 0 spiro atoms. The third-order valence-electron chi connectivity index (χ3n) is 4.37. The third-order valence-corrected chi connectivity index (χ3v) is 4.37. The van der Waals surface area contributed by atoms with E-state index < -0.39 is 0 Å². The highest BCUT2D eigenvalue weighted by Crippen LogP contribution is 2.35. The molecule has 0 amide bonds. The van der Waals surface area contributed by atoms with Crippen LogP contribution >= 0.6 is 0 Å². The Morgan fingerprint density at radius 1 is 1.17 bits per heavy atom. The van der Waals surface area contributed by atoms with E-state index in [1.54, 1.807) is 0 Å². The van der Waals surface area contributed by atoms with Gasteiger partial charge in [0.1, 0.15) is 0 Å². The van der Waals surface area contributed by atoms with Crippen molar-refractivity contribution in [1.29, 1.82) is 0 Å². The van der Waals surface area contributed by atoms with Gasteiger partial charge in [-0.3, -0.25) is 0 Å². The molecule has 0 aromatic carbocycles. The van der Waals surface area contributed by atoms with E-state index in [-0.39, 0.29) is 0 Å². The van der Waals surface area contributed by atoms with Gasteiger partial charge in [0, 0.05) is 12.6 Å². The molecule has 0 aromatic rings. The monoisotopic (exact) mass is 255 g/mol. The first-order valence-corrected chi connectivity index (χ1v) is 7.89. The van der Waals surface area contributed by atoms with E-state index in [0.29, 0.717) is 6.10 Å². The highest BCUT2D eigenvalue weighted by molar-refractivity contribution is 4.85. The smallest absolute Gasteiger partial charge is 0.0518 e. The Bertz CT molecular complexity index is 215. The molecule has 1 fully saturated rings. The molecule has 1 rings (SSSR count). The first-order valence-electron chi connectivity index (χ1n) is 7.89. The second-order valence-corrected chi connectivity index (χ2v) is 6.45. The zero-order chi connectivity index (χ0) is 13.5. The van der Waals surface area contributed by atoms with Crippen molar-refractivity contribution >= 4 is 0 Å². The van der Waals surface area contributed by atoms with E-state index in [9.17, 15) is 0 Å². The summed E-state index contributed by atoms with van der Waals surface area (Å²) in [5, 5.41) is 3.68. The predicted octanol–water partition coefficient (Wildman–Crippen LogP) is 3.85. The summed E-state index contributed by atoms with van der Waals surface area (Å²) < 4.78 is 5.74. The van der Waals surface area contributed by atoms with Crippen LogP contribution in [0.15, 0.2) is 0 Å². The minimum atomic E-state index is 0.368. The molecule has 1 saturated carbocycles. The van der Waals surface area contributed by atoms with Crippen molar-refractivity contribution < 1.29 is 4.74 Å². The highest BCUT2D eigenvalue weighted by atomic mass is 16.5. The summed E-state index contributed by atoms with van der Waals surface area (Å²) in [6.07, 6.45) is 5.72. The average molecular weight is 255 g/mol. The van der Waals surface area contributed by atoms with Gasteiger partial charge >= 0.3 is 0 Å². The van der Waals surface area contributed by atoms with Gasteiger partial charge in [-0.05, 0) is 63.8 Å². The minimum Gasteiger partial charge on any atom is -0.379 e. The Labute approximate surface area is 114 Å². The Balaban J connectivity index is 2.44. The Hall–Kier alpha value is -0.0800. The molecule has 2 nitrogen and oxygen atoms in total. The lowest BCUT2D eigenvalue weighted by atomic mass is 9.72. The number of hydrogen-bond donors (Lipinski definition) is 1. The summed E-state index contributed by atoms with van der Waals surface area (Å²) >= 11 is 0. The van der Waals surface area contributed by atoms with Crippen molar-refractivity contribution in [2.24, 2.45) is 17.8 Å². The highest BCUT2D eigenvalue weighted by Gasteiger charge is 2.30. The largest absolute Gasteiger partial charge is 0.379 e. The van der Waals surface area contributed by atoms with Crippen molar-refractivity contribution in [3.05, 3.63) is 0 Å². The Kier molecular flexibility index (Phi) is 7.25. The summed E-state index contributed by atoms with van der Waals surface area (Å²) in [4.78, 5) is 0. The molecule has 18 heavy (non-hydrogen) atoms. The predicted molar refractivity (Wildman–Crippen MR) is 78.8 cm³/mol. The second kappa shape index (κ2) is 8.16. The summed E-state index contributed by atoms with van der Waals surface area (Å²) in [6, 6.07) is 0.723. The Morgan fingerprint density at radius 3 is 2.44 bits per heavy atom. The summed E-state index contributed by atoms with van der Waals surface area (Å²) in [6.45, 7) is 13.2. The SMILES string of the molecule is CCNC1CCC(C(C)C)CC1CCOC(C)C. The first-order chi connectivity index (χ1) is 8.54. The maximum absolute atomic E-state index is 5.74. The van der Waals surface area contributed by atoms with Crippen LogP contribution < -0.4 is 5.32 Å². The van der Waals surface area contributed by atoms with Crippen molar-refractivity contribution in [1.82, 2.24) is 5.32 Å². The van der Waals surface area contributed by atoms with Crippen molar-refractivity contribution in [3.63, 3.8) is 0 Å². The number of rotatable bonds is 7. The van der Waals surface area contributed by atoms with E-state index in [0.717, 1.165) is 36.9 Å². The average Bonchev–Trinajstić information content (AvgIpc) is 2.30. The van der Waals surface area contributed by atoms with Gasteiger partial charge in [0.25, 0.3) is 0 Å². The molecule has 3 atom stereocenters. The summed E-state index contributed by atoms with van der Waals surface area (Å²) in [5.74, 6) is 2.56. The molecule has 0 saturated heterocycles. The Morgan fingerprint density at radius 2 is 1.89 bits per heavy atom. The minimum absolute atomic E-state index is 0.368. The van der Waals surface area contributed by atoms with E-state index in [1.165, 1.54) is 25.7 Å². The fraction of sp³-hybridized carbons (Fsp3) is 1.00. The van der Waals surface area contributed by atoms with Crippen molar-refractivity contribution in [2.75, 3.05) is 13.2 Å². The molecule has 3 unspecified atom stereocenters. The maximum Gasteiger partial charge on any atom is 0.0518 e. The van der Waals surface area contributed by atoms with Crippen LogP contribution in [0.1, 0.15) is 60.3 Å². The van der Waals surface area contributed by atoms with Gasteiger partial charge in [0.15, 0.2) is 0 Å². The van der Waals surface area contributed by atoms with Crippen LogP contribution in [0, 0.1) is 17.8 Å². The van der Waals surface area contributed by atoms with Crippen molar-refractivity contribution in [2.45, 2.75) is 72.4 Å². The van der Waals surface area contributed by atoms with E-state index >= 15 is 0 Å². The molecule has 0 aliphatic heterocycles. The van der Waals surface area contributed by atoms with Gasteiger partial charge in [-0.1, -0.05) is 20.8 Å². The molecule has 0 radical (unpaired) electrons. The second-order valence-electron chi connectivity index (χ2n) is 6.45. The molecule has 1 aliphatic rings. The number of ether oxygens (including phenoxy) is 1. The zero-order valence-corrected chi connectivity index (χ0v) is 13.0. The van der Waals surface area contributed by atoms with Gasteiger partial charge in [-0.2, -0.15) is 0 Å². The van der Waals surface area contributed by atoms with E-state index in [1.807, 2.05) is 0 Å². The first kappa shape index (κ1) is 16.0. The van der Waals surface area contributed by atoms with Crippen LogP contribution in [-0.4, -0.2) is 25.3 Å². The summed E-state index contributed by atoms with van der Waals surface area (Å²) in [7, 11) is 0. The lowest BCUT2D eigenvalue weighted by Crippen LogP contribution is -2.42. The topological polar surface area (TPSA) is 21.3 Å². The zero-order valence-electron chi connectivity index (χ0n) is 13.0. The molecule has 2 heteroatoms. The molecular weight excluding hydrogens is 222 g/mol. The molecule has 108 valence electrons.